The summed E-state index contributed by atoms with van der Waals surface area (Å²) in [5.41, 5.74) is 0.825. The van der Waals surface area contributed by atoms with Crippen molar-refractivity contribution in [2.45, 2.75) is 59.3 Å². The Hall–Kier alpha value is 0. The third kappa shape index (κ3) is 1.53. The van der Waals surface area contributed by atoms with Crippen molar-refractivity contribution < 1.29 is 0 Å². The van der Waals surface area contributed by atoms with Gasteiger partial charge in [-0.2, -0.15) is 0 Å². The summed E-state index contributed by atoms with van der Waals surface area (Å²) in [6.45, 7) is 7.31. The molecule has 0 nitrogen and oxygen atoms in total. The average Bonchev–Trinajstić information content (AvgIpc) is 2.01. The maximum atomic E-state index is 2.51. The van der Waals surface area contributed by atoms with Gasteiger partial charge in [-0.05, 0) is 55.3 Å². The Labute approximate surface area is 83.1 Å². The second-order valence-corrected chi connectivity index (χ2v) is 5.90. The van der Waals surface area contributed by atoms with E-state index in [4.69, 9.17) is 0 Å². The number of rotatable bonds is 1. The van der Waals surface area contributed by atoms with Crippen LogP contribution in [-0.2, 0) is 0 Å². The lowest BCUT2D eigenvalue weighted by atomic mass is 9.53. The van der Waals surface area contributed by atoms with Crippen molar-refractivity contribution in [2.75, 3.05) is 0 Å². The molecule has 2 fully saturated rings. The molecule has 0 aromatic carbocycles. The fraction of sp³-hybridized carbons (Fsp3) is 1.00. The van der Waals surface area contributed by atoms with Crippen LogP contribution in [0.1, 0.15) is 59.3 Å². The van der Waals surface area contributed by atoms with Gasteiger partial charge in [-0.25, -0.2) is 0 Å². The van der Waals surface area contributed by atoms with E-state index in [2.05, 4.69) is 20.8 Å². The lowest BCUT2D eigenvalue weighted by Crippen LogP contribution is -2.41. The van der Waals surface area contributed by atoms with Gasteiger partial charge < -0.3 is 0 Å². The first-order valence-electron chi connectivity index (χ1n) is 6.14. The summed E-state index contributed by atoms with van der Waals surface area (Å²) in [5.74, 6) is 2.96. The summed E-state index contributed by atoms with van der Waals surface area (Å²) in [6.07, 6.45) is 9.16. The Morgan fingerprint density at radius 3 is 2.23 bits per heavy atom. The maximum Gasteiger partial charge on any atom is -0.0272 e. The van der Waals surface area contributed by atoms with Gasteiger partial charge in [0.1, 0.15) is 0 Å². The Kier molecular flexibility index (Phi) is 2.42. The molecule has 1 unspecified atom stereocenters. The standard InChI is InChI=1S/C13H24/c1-10(2)12-5-8-13(6-4-7-13)11(3)9-12/h10-12H,4-9H2,1-3H3/t11-,12?/m1/s1. The van der Waals surface area contributed by atoms with Gasteiger partial charge in [0.15, 0.2) is 0 Å². The summed E-state index contributed by atoms with van der Waals surface area (Å²) in [4.78, 5) is 0. The van der Waals surface area contributed by atoms with E-state index in [1.54, 1.807) is 12.8 Å². The topological polar surface area (TPSA) is 0 Å². The second kappa shape index (κ2) is 3.29. The van der Waals surface area contributed by atoms with Gasteiger partial charge in [-0.1, -0.05) is 27.2 Å². The van der Waals surface area contributed by atoms with Crippen molar-refractivity contribution in [1.29, 1.82) is 0 Å². The van der Waals surface area contributed by atoms with E-state index in [1.807, 2.05) is 0 Å². The van der Waals surface area contributed by atoms with Crippen molar-refractivity contribution >= 4 is 0 Å². The molecule has 2 rings (SSSR count). The fourth-order valence-corrected chi connectivity index (χ4v) is 3.52. The highest BCUT2D eigenvalue weighted by Gasteiger charge is 2.45. The van der Waals surface area contributed by atoms with E-state index in [0.717, 1.165) is 23.2 Å². The Bertz CT molecular complexity index is 176. The van der Waals surface area contributed by atoms with Gasteiger partial charge in [0.05, 0.1) is 0 Å². The molecule has 0 saturated heterocycles. The van der Waals surface area contributed by atoms with Crippen LogP contribution in [0.15, 0.2) is 0 Å². The van der Waals surface area contributed by atoms with Gasteiger partial charge in [-0.3, -0.25) is 0 Å². The highest BCUT2D eigenvalue weighted by Crippen LogP contribution is 2.56. The minimum absolute atomic E-state index is 0.825. The van der Waals surface area contributed by atoms with Crippen LogP contribution in [0, 0.1) is 23.2 Å². The lowest BCUT2D eigenvalue weighted by molar-refractivity contribution is -0.0124. The third-order valence-electron chi connectivity index (χ3n) is 5.01. The van der Waals surface area contributed by atoms with Crippen LogP contribution in [0.2, 0.25) is 0 Å². The van der Waals surface area contributed by atoms with Crippen LogP contribution in [0.3, 0.4) is 0 Å². The van der Waals surface area contributed by atoms with Crippen LogP contribution in [0.5, 0.6) is 0 Å². The van der Waals surface area contributed by atoms with Gasteiger partial charge in [0.25, 0.3) is 0 Å². The zero-order valence-electron chi connectivity index (χ0n) is 9.47. The molecule has 0 bridgehead atoms. The molecule has 0 heterocycles. The fourth-order valence-electron chi connectivity index (χ4n) is 3.52. The zero-order chi connectivity index (χ0) is 9.47. The molecule has 2 saturated carbocycles. The minimum Gasteiger partial charge on any atom is -0.0625 e. The molecule has 0 radical (unpaired) electrons. The molecule has 0 aromatic heterocycles. The van der Waals surface area contributed by atoms with Crippen LogP contribution in [0.25, 0.3) is 0 Å². The smallest absolute Gasteiger partial charge is 0.0272 e. The molecule has 2 aliphatic rings. The molecule has 0 aromatic rings. The van der Waals surface area contributed by atoms with Crippen LogP contribution in [-0.4, -0.2) is 0 Å². The van der Waals surface area contributed by atoms with Gasteiger partial charge >= 0.3 is 0 Å². The van der Waals surface area contributed by atoms with Crippen LogP contribution < -0.4 is 0 Å². The largest absolute Gasteiger partial charge is 0.0625 e. The predicted molar refractivity (Wildman–Crippen MR) is 57.6 cm³/mol. The average molecular weight is 180 g/mol. The Balaban J connectivity index is 1.95. The highest BCUT2D eigenvalue weighted by molar-refractivity contribution is 4.96. The summed E-state index contributed by atoms with van der Waals surface area (Å²) in [6, 6.07) is 0. The summed E-state index contributed by atoms with van der Waals surface area (Å²) < 4.78 is 0. The monoisotopic (exact) mass is 180 g/mol. The molecule has 0 N–H and O–H groups in total. The summed E-state index contributed by atoms with van der Waals surface area (Å²) in [7, 11) is 0. The van der Waals surface area contributed by atoms with E-state index >= 15 is 0 Å². The SMILES string of the molecule is CC(C)C1CCC2(CCC2)[C@H](C)C1. The predicted octanol–water partition coefficient (Wildman–Crippen LogP) is 4.25. The first-order chi connectivity index (χ1) is 6.14. The zero-order valence-corrected chi connectivity index (χ0v) is 9.47. The molecular weight excluding hydrogens is 156 g/mol. The number of hydrogen-bond donors (Lipinski definition) is 0. The first-order valence-corrected chi connectivity index (χ1v) is 6.14. The minimum atomic E-state index is 0.825. The molecule has 76 valence electrons. The van der Waals surface area contributed by atoms with Gasteiger partial charge in [0, 0.05) is 0 Å². The highest BCUT2D eigenvalue weighted by atomic mass is 14.5. The maximum absolute atomic E-state index is 2.51. The lowest BCUT2D eigenvalue weighted by Gasteiger charge is -2.52. The summed E-state index contributed by atoms with van der Waals surface area (Å²) >= 11 is 0. The molecule has 13 heavy (non-hydrogen) atoms. The van der Waals surface area contributed by atoms with Crippen molar-refractivity contribution in [3.05, 3.63) is 0 Å². The molecule has 1 spiro atoms. The second-order valence-electron chi connectivity index (χ2n) is 5.90. The van der Waals surface area contributed by atoms with E-state index in [1.165, 1.54) is 25.7 Å². The molecule has 0 heteroatoms. The molecule has 0 aliphatic heterocycles. The van der Waals surface area contributed by atoms with Crippen molar-refractivity contribution in [3.63, 3.8) is 0 Å². The molecule has 2 atom stereocenters. The van der Waals surface area contributed by atoms with E-state index in [-0.39, 0.29) is 0 Å². The van der Waals surface area contributed by atoms with E-state index in [0.29, 0.717) is 0 Å². The third-order valence-corrected chi connectivity index (χ3v) is 5.01. The van der Waals surface area contributed by atoms with E-state index < -0.39 is 0 Å². The van der Waals surface area contributed by atoms with Crippen molar-refractivity contribution in [2.24, 2.45) is 23.2 Å². The first kappa shape index (κ1) is 9.55. The van der Waals surface area contributed by atoms with Gasteiger partial charge in [0.2, 0.25) is 0 Å². The molecule has 0 amide bonds. The molecular formula is C13H24. The van der Waals surface area contributed by atoms with Crippen LogP contribution in [0.4, 0.5) is 0 Å². The quantitative estimate of drug-likeness (QED) is 0.566. The number of hydrogen-bond acceptors (Lipinski definition) is 0. The van der Waals surface area contributed by atoms with Crippen LogP contribution >= 0.6 is 0 Å². The van der Waals surface area contributed by atoms with E-state index in [9.17, 15) is 0 Å². The van der Waals surface area contributed by atoms with Crippen molar-refractivity contribution in [3.8, 4) is 0 Å². The normalized spacial score (nSPS) is 37.8. The van der Waals surface area contributed by atoms with Crippen molar-refractivity contribution in [1.82, 2.24) is 0 Å². The summed E-state index contributed by atoms with van der Waals surface area (Å²) in [5, 5.41) is 0. The Morgan fingerprint density at radius 1 is 1.15 bits per heavy atom. The molecule has 2 aliphatic carbocycles. The van der Waals surface area contributed by atoms with Gasteiger partial charge in [-0.15, -0.1) is 0 Å². The Morgan fingerprint density at radius 2 is 1.85 bits per heavy atom.